The van der Waals surface area contributed by atoms with E-state index in [1.807, 2.05) is 49.6 Å². The van der Waals surface area contributed by atoms with Gasteiger partial charge in [0.2, 0.25) is 29.5 Å². The van der Waals surface area contributed by atoms with E-state index in [0.29, 0.717) is 50.8 Å². The molecule has 10 fully saturated rings. The van der Waals surface area contributed by atoms with Crippen LogP contribution in [0.4, 0.5) is 29.1 Å². The van der Waals surface area contributed by atoms with Crippen molar-refractivity contribution in [2.24, 2.45) is 35.5 Å². The number of carbonyl (C=O) groups excluding carboxylic acids is 5. The molecule has 766 valence electrons. The van der Waals surface area contributed by atoms with Crippen LogP contribution in [0.25, 0.3) is 55.2 Å². The third-order valence-electron chi connectivity index (χ3n) is 30.2. The van der Waals surface area contributed by atoms with Crippen LogP contribution in [0.5, 0.6) is 0 Å². The highest BCUT2D eigenvalue weighted by Gasteiger charge is 2.38. The van der Waals surface area contributed by atoms with E-state index in [1.54, 1.807) is 37.7 Å². The molecule has 5 saturated carbocycles. The molecule has 0 aromatic carbocycles. The molecule has 5 aliphatic heterocycles. The number of nitrogens with zero attached hydrogens (tertiary/aromatic N) is 16. The van der Waals surface area contributed by atoms with Gasteiger partial charge in [-0.1, -0.05) is 110 Å². The Morgan fingerprint density at radius 3 is 0.816 bits per heavy atom. The number of hydrogen-bond acceptors (Lipinski definition) is 21. The molecule has 31 nitrogen and oxygen atoms in total. The normalized spacial score (nSPS) is 23.1. The standard InChI is InChI=1S/C23H33N5O.C22H32N6O.3C20H27N5O.5CH4/c1-4-16-7-8-17(10-16)11-18-12-24-22-21(18)23(26-14-25-22)27-19-9-6-15(3)28(13-19)20(29)5-2;1-15-6-9-18(13-28(15)19(29)5-4-10-27(2)3)26-22-20-17(11-16-7-8-16)12-23-21(20)24-14-25-22;3*1-3-16-8-7-15(11-25(16)17(26)4-2)24-20-18-14(9-13-5-6-13)10-21-19(18)22-12-23-20;;;;;/h5,12,14-17,19H,2,4,6-11,13H2,1,3H3,(H2,24,25,26,27);4-5,12,14-16,18H,6-11,13H2,1-3H3,(H2,23,24,25,26);3*4,10,12-13,15-16H,2-3,5-9,11H2,1H3,(H2,21,22,23,24);5*1H4/b;5-4+;;;;;;;;/t15-,16?,17?,19+;15-,18+;15-,16?;2*15-,16+;;;;;/m00110...../s1. The van der Waals surface area contributed by atoms with Crippen molar-refractivity contribution in [1.29, 1.82) is 0 Å². The van der Waals surface area contributed by atoms with Gasteiger partial charge in [-0.05, 0) is 295 Å². The predicted molar refractivity (Wildman–Crippen MR) is 575 cm³/mol. The molecule has 20 rings (SSSR count). The van der Waals surface area contributed by atoms with Gasteiger partial charge in [0.1, 0.15) is 89.0 Å². The molecule has 5 saturated heterocycles. The first-order chi connectivity index (χ1) is 66.2. The Bertz CT molecular complexity index is 5490. The number of rotatable bonds is 31. The van der Waals surface area contributed by atoms with Crippen LogP contribution in [0, 0.1) is 35.5 Å². The molecule has 0 radical (unpaired) electrons. The van der Waals surface area contributed by atoms with Crippen LogP contribution in [-0.2, 0) is 56.1 Å². The van der Waals surface area contributed by atoms with Gasteiger partial charge in [0.25, 0.3) is 0 Å². The first-order valence-electron chi connectivity index (χ1n) is 50.9. The maximum Gasteiger partial charge on any atom is 0.246 e. The van der Waals surface area contributed by atoms with Gasteiger partial charge >= 0.3 is 0 Å². The Morgan fingerprint density at radius 1 is 0.326 bits per heavy atom. The van der Waals surface area contributed by atoms with Crippen LogP contribution in [0.1, 0.15) is 267 Å². The molecule has 10 aromatic heterocycles. The van der Waals surface area contributed by atoms with Crippen LogP contribution in [-0.4, -0.2) is 247 Å². The van der Waals surface area contributed by atoms with E-state index < -0.39 is 0 Å². The third kappa shape index (κ3) is 27.7. The number of hydrogen-bond donors (Lipinski definition) is 10. The fraction of sp³-hybridized carbons (Fsp3) is 0.591. The Morgan fingerprint density at radius 2 is 0.567 bits per heavy atom. The maximum atomic E-state index is 12.7. The zero-order valence-corrected chi connectivity index (χ0v) is 81.5. The minimum atomic E-state index is 0. The SMILES string of the molecule is C.C.C.C.C.C=CC(=O)N1C[C@@H](Nc2ncnc3[nH]cc(CC4CC4)c23)CC[C@H]1CC.C=CC(=O)N1C[C@H](Nc2ncnc3[nH]cc(CC4CC4)c23)CCC1CC.C=CC(=O)N1C[C@H](Nc2ncnc3[nH]cc(CC4CC4)c23)CC[C@@H]1CC.C=CC(=O)N1C[C@H](Nc2ncnc3[nH]cc(CC4CCC(CC)C4)c23)CC[C@@H]1C.C[C@H]1CC[C@@H](Nc2ncnc3[nH]cc(CC4CC4)c23)CN1C(=O)/C=C/CN(C)C. The zero-order valence-electron chi connectivity index (χ0n) is 81.5. The largest absolute Gasteiger partial charge is 0.365 e. The summed E-state index contributed by atoms with van der Waals surface area (Å²) in [6.07, 6.45) is 62.2. The molecule has 0 bridgehead atoms. The number of carbonyl (C=O) groups is 5. The highest BCUT2D eigenvalue weighted by atomic mass is 16.2. The average molecular weight is 1930 g/mol. The number of fused-ring (bicyclic) bond motifs is 5. The van der Waals surface area contributed by atoms with Crippen molar-refractivity contribution in [3.05, 3.63) is 153 Å². The van der Waals surface area contributed by atoms with E-state index in [2.05, 4.69) is 200 Å². The van der Waals surface area contributed by atoms with E-state index in [0.717, 1.165) is 242 Å². The predicted octanol–water partition coefficient (Wildman–Crippen LogP) is 20.1. The highest BCUT2D eigenvalue weighted by Crippen LogP contribution is 2.43. The van der Waals surface area contributed by atoms with E-state index in [9.17, 15) is 24.0 Å². The number of anilines is 5. The summed E-state index contributed by atoms with van der Waals surface area (Å²) in [6, 6.07) is 2.40. The Labute approximate surface area is 837 Å². The van der Waals surface area contributed by atoms with Gasteiger partial charge in [-0.2, -0.15) is 0 Å². The minimum Gasteiger partial charge on any atom is -0.365 e. The van der Waals surface area contributed by atoms with Crippen molar-refractivity contribution in [1.82, 2.24) is 104 Å². The lowest BCUT2D eigenvalue weighted by Gasteiger charge is -2.39. The number of piperidine rings is 5. The highest BCUT2D eigenvalue weighted by molar-refractivity contribution is 5.96. The van der Waals surface area contributed by atoms with Gasteiger partial charge in [-0.25, -0.2) is 49.8 Å². The minimum absolute atomic E-state index is 0. The summed E-state index contributed by atoms with van der Waals surface area (Å²) in [5, 5.41) is 23.6. The molecule has 5 amide bonds. The van der Waals surface area contributed by atoms with E-state index in [4.69, 9.17) is 0 Å². The first-order valence-corrected chi connectivity index (χ1v) is 50.9. The number of likely N-dealkylation sites (N-methyl/N-ethyl adjacent to an activating group) is 1. The molecule has 12 atom stereocenters. The fourth-order valence-electron chi connectivity index (χ4n) is 21.5. The summed E-state index contributed by atoms with van der Waals surface area (Å²) >= 11 is 0. The number of aromatic amines is 5. The molecule has 31 heteroatoms. The first kappa shape index (κ1) is 109. The molecule has 10 N–H and O–H groups in total. The lowest BCUT2D eigenvalue weighted by molar-refractivity contribution is -0.130. The summed E-state index contributed by atoms with van der Waals surface area (Å²) in [5.41, 5.74) is 11.0. The molecule has 0 spiro atoms. The number of aromatic nitrogens is 15. The molecular weight excluding hydrogens is 1770 g/mol. The summed E-state index contributed by atoms with van der Waals surface area (Å²) in [4.78, 5) is 135. The lowest BCUT2D eigenvalue weighted by atomic mass is 9.96. The third-order valence-corrected chi connectivity index (χ3v) is 30.2. The van der Waals surface area contributed by atoms with Crippen LogP contribution in [0.2, 0.25) is 0 Å². The second-order valence-electron chi connectivity index (χ2n) is 40.5. The van der Waals surface area contributed by atoms with E-state index in [-0.39, 0.29) is 109 Å². The topological polar surface area (TPSA) is 373 Å². The Kier molecular flexibility index (Phi) is 39.7. The van der Waals surface area contributed by atoms with Gasteiger partial charge in [-0.3, -0.25) is 24.0 Å². The van der Waals surface area contributed by atoms with Gasteiger partial charge in [-0.15, -0.1) is 0 Å². The van der Waals surface area contributed by atoms with Crippen molar-refractivity contribution in [3.8, 4) is 0 Å². The van der Waals surface area contributed by atoms with Crippen LogP contribution < -0.4 is 26.6 Å². The molecule has 10 aliphatic rings. The molecule has 10 aromatic rings. The monoisotopic (exact) mass is 1930 g/mol. The second kappa shape index (κ2) is 51.2. The summed E-state index contributed by atoms with van der Waals surface area (Å²) in [6.45, 7) is 31.8. The van der Waals surface area contributed by atoms with Gasteiger partial charge in [0.15, 0.2) is 0 Å². The molecule has 141 heavy (non-hydrogen) atoms. The maximum absolute atomic E-state index is 12.7. The lowest BCUT2D eigenvalue weighted by Crippen LogP contribution is -2.50. The number of amides is 5. The van der Waals surface area contributed by atoms with Gasteiger partial charge < -0.3 is 80.9 Å². The van der Waals surface area contributed by atoms with E-state index >= 15 is 0 Å². The van der Waals surface area contributed by atoms with E-state index in [1.165, 1.54) is 129 Å². The Balaban J connectivity index is 0.000000167. The summed E-state index contributed by atoms with van der Waals surface area (Å²) < 4.78 is 0. The van der Waals surface area contributed by atoms with Crippen LogP contribution >= 0.6 is 0 Å². The second-order valence-corrected chi connectivity index (χ2v) is 40.5. The quantitative estimate of drug-likeness (QED) is 0.0180. The summed E-state index contributed by atoms with van der Waals surface area (Å²) in [5.74, 6) is 9.47. The van der Waals surface area contributed by atoms with Crippen molar-refractivity contribution < 1.29 is 24.0 Å². The Hall–Kier alpha value is -11.9. The number of H-pyrrole nitrogens is 5. The molecule has 3 unspecified atom stereocenters. The van der Waals surface area contributed by atoms with Crippen LogP contribution in [0.15, 0.2) is 125 Å². The zero-order chi connectivity index (χ0) is 95.0. The smallest absolute Gasteiger partial charge is 0.246 e. The van der Waals surface area contributed by atoms with Crippen molar-refractivity contribution in [2.75, 3.05) is 79.9 Å². The average Bonchev–Trinajstić information content (AvgIpc) is 1.66. The number of nitrogens with one attached hydrogen (secondary N) is 10. The fourth-order valence-corrected chi connectivity index (χ4v) is 21.5. The van der Waals surface area contributed by atoms with Crippen LogP contribution in [0.3, 0.4) is 0 Å². The number of likely N-dealkylation sites (tertiary alicyclic amines) is 5. The van der Waals surface area contributed by atoms with Gasteiger partial charge in [0, 0.05) is 137 Å². The molecular formula is C110H166N26O5. The van der Waals surface area contributed by atoms with Crippen molar-refractivity contribution in [2.45, 2.75) is 332 Å². The molecule has 15 heterocycles. The van der Waals surface area contributed by atoms with Gasteiger partial charge in [0.05, 0.1) is 26.9 Å². The van der Waals surface area contributed by atoms with Crippen molar-refractivity contribution >= 4 is 114 Å². The molecule has 5 aliphatic carbocycles. The summed E-state index contributed by atoms with van der Waals surface area (Å²) in [7, 11) is 4.00. The van der Waals surface area contributed by atoms with Crippen molar-refractivity contribution in [3.63, 3.8) is 0 Å².